The van der Waals surface area contributed by atoms with Gasteiger partial charge in [-0.1, -0.05) is 13.8 Å². The molecule has 0 amide bonds. The van der Waals surface area contributed by atoms with Gasteiger partial charge in [0.15, 0.2) is 0 Å². The summed E-state index contributed by atoms with van der Waals surface area (Å²) in [5.74, 6) is 1.22. The zero-order valence-electron chi connectivity index (χ0n) is 8.88. The molecule has 15 heavy (non-hydrogen) atoms. The summed E-state index contributed by atoms with van der Waals surface area (Å²) in [6.07, 6.45) is 5.37. The van der Waals surface area contributed by atoms with Crippen molar-refractivity contribution in [2.75, 3.05) is 0 Å². The van der Waals surface area contributed by atoms with Crippen molar-refractivity contribution in [1.82, 2.24) is 15.0 Å². The highest BCUT2D eigenvalue weighted by molar-refractivity contribution is 5.56. The minimum atomic E-state index is 0.349. The molecule has 0 radical (unpaired) electrons. The van der Waals surface area contributed by atoms with E-state index in [1.165, 1.54) is 0 Å². The molecule has 0 N–H and O–H groups in total. The van der Waals surface area contributed by atoms with E-state index in [1.54, 1.807) is 12.4 Å². The van der Waals surface area contributed by atoms with Crippen LogP contribution in [-0.4, -0.2) is 15.0 Å². The van der Waals surface area contributed by atoms with E-state index in [2.05, 4.69) is 28.8 Å². The van der Waals surface area contributed by atoms with Gasteiger partial charge in [-0.2, -0.15) is 0 Å². The predicted octanol–water partition coefficient (Wildman–Crippen LogP) is 2.66. The van der Waals surface area contributed by atoms with Crippen LogP contribution in [0.25, 0.3) is 11.3 Å². The first-order valence-corrected chi connectivity index (χ1v) is 5.00. The van der Waals surface area contributed by atoms with Crippen LogP contribution in [0.4, 0.5) is 0 Å². The molecule has 0 aliphatic carbocycles. The second kappa shape index (κ2) is 4.17. The van der Waals surface area contributed by atoms with Gasteiger partial charge in [0.1, 0.15) is 5.82 Å². The van der Waals surface area contributed by atoms with Crippen molar-refractivity contribution >= 4 is 0 Å². The molecule has 0 saturated heterocycles. The second-order valence-corrected chi connectivity index (χ2v) is 3.70. The van der Waals surface area contributed by atoms with Crippen LogP contribution >= 0.6 is 0 Å². The molecular weight excluding hydrogens is 186 g/mol. The number of nitrogens with zero attached hydrogens (tertiary/aromatic N) is 3. The summed E-state index contributed by atoms with van der Waals surface area (Å²) in [7, 11) is 0. The van der Waals surface area contributed by atoms with Crippen molar-refractivity contribution < 1.29 is 0 Å². The minimum Gasteiger partial charge on any atom is -0.264 e. The Morgan fingerprint density at radius 2 is 2.00 bits per heavy atom. The molecule has 2 rings (SSSR count). The fourth-order valence-corrected chi connectivity index (χ4v) is 1.33. The molecule has 3 nitrogen and oxygen atoms in total. The monoisotopic (exact) mass is 199 g/mol. The first-order valence-electron chi connectivity index (χ1n) is 5.00. The van der Waals surface area contributed by atoms with Crippen molar-refractivity contribution in [3.8, 4) is 11.3 Å². The highest BCUT2D eigenvalue weighted by atomic mass is 14.9. The van der Waals surface area contributed by atoms with Gasteiger partial charge in [-0.25, -0.2) is 9.97 Å². The van der Waals surface area contributed by atoms with Crippen LogP contribution in [0.5, 0.6) is 0 Å². The quantitative estimate of drug-likeness (QED) is 0.746. The second-order valence-electron chi connectivity index (χ2n) is 3.70. The summed E-state index contributed by atoms with van der Waals surface area (Å²) < 4.78 is 0. The highest BCUT2D eigenvalue weighted by Crippen LogP contribution is 2.17. The maximum absolute atomic E-state index is 4.49. The lowest BCUT2D eigenvalue weighted by Crippen LogP contribution is -1.97. The van der Waals surface area contributed by atoms with Crippen molar-refractivity contribution in [1.29, 1.82) is 0 Å². The van der Waals surface area contributed by atoms with Gasteiger partial charge in [0.05, 0.1) is 5.69 Å². The SMILES string of the molecule is CC(C)c1nccc(-c2cccnc2)n1. The van der Waals surface area contributed by atoms with Crippen LogP contribution in [0.1, 0.15) is 25.6 Å². The van der Waals surface area contributed by atoms with E-state index in [0.29, 0.717) is 5.92 Å². The van der Waals surface area contributed by atoms with Crippen LogP contribution < -0.4 is 0 Å². The Morgan fingerprint density at radius 3 is 2.67 bits per heavy atom. The number of pyridine rings is 1. The average molecular weight is 199 g/mol. The normalized spacial score (nSPS) is 10.6. The molecule has 0 aromatic carbocycles. The number of rotatable bonds is 2. The van der Waals surface area contributed by atoms with Gasteiger partial charge in [0.2, 0.25) is 0 Å². The molecule has 0 fully saturated rings. The van der Waals surface area contributed by atoms with Crippen LogP contribution in [0.3, 0.4) is 0 Å². The molecule has 0 bridgehead atoms. The Balaban J connectivity index is 2.42. The lowest BCUT2D eigenvalue weighted by atomic mass is 10.1. The van der Waals surface area contributed by atoms with E-state index in [4.69, 9.17) is 0 Å². The summed E-state index contributed by atoms with van der Waals surface area (Å²) in [6, 6.07) is 5.81. The van der Waals surface area contributed by atoms with E-state index in [-0.39, 0.29) is 0 Å². The fraction of sp³-hybridized carbons (Fsp3) is 0.250. The maximum Gasteiger partial charge on any atom is 0.131 e. The van der Waals surface area contributed by atoms with Crippen molar-refractivity contribution in [3.05, 3.63) is 42.6 Å². The van der Waals surface area contributed by atoms with Gasteiger partial charge < -0.3 is 0 Å². The Hall–Kier alpha value is -1.77. The maximum atomic E-state index is 4.49. The highest BCUT2D eigenvalue weighted by Gasteiger charge is 2.04. The summed E-state index contributed by atoms with van der Waals surface area (Å²) >= 11 is 0. The topological polar surface area (TPSA) is 38.7 Å². The number of hydrogen-bond acceptors (Lipinski definition) is 3. The van der Waals surface area contributed by atoms with Crippen LogP contribution in [0.2, 0.25) is 0 Å². The van der Waals surface area contributed by atoms with Gasteiger partial charge in [-0.15, -0.1) is 0 Å². The van der Waals surface area contributed by atoms with Gasteiger partial charge in [-0.3, -0.25) is 4.98 Å². The number of aromatic nitrogens is 3. The molecule has 2 heterocycles. The molecule has 0 unspecified atom stereocenters. The molecule has 0 spiro atoms. The van der Waals surface area contributed by atoms with Crippen molar-refractivity contribution in [2.24, 2.45) is 0 Å². The van der Waals surface area contributed by atoms with Gasteiger partial charge in [-0.05, 0) is 18.2 Å². The largest absolute Gasteiger partial charge is 0.264 e. The first kappa shape index (κ1) is 9.77. The minimum absolute atomic E-state index is 0.349. The Labute approximate surface area is 89.2 Å². The van der Waals surface area contributed by atoms with Gasteiger partial charge in [0.25, 0.3) is 0 Å². The molecule has 76 valence electrons. The fourth-order valence-electron chi connectivity index (χ4n) is 1.33. The molecule has 2 aromatic rings. The van der Waals surface area contributed by atoms with E-state index >= 15 is 0 Å². The Kier molecular flexibility index (Phi) is 2.72. The summed E-state index contributed by atoms with van der Waals surface area (Å²) in [5.41, 5.74) is 1.96. The third kappa shape index (κ3) is 2.18. The Bertz CT molecular complexity index is 438. The molecular formula is C12H13N3. The first-order chi connectivity index (χ1) is 7.27. The zero-order chi connectivity index (χ0) is 10.7. The van der Waals surface area contributed by atoms with E-state index < -0.39 is 0 Å². The van der Waals surface area contributed by atoms with E-state index in [0.717, 1.165) is 17.1 Å². The molecule has 0 atom stereocenters. The Morgan fingerprint density at radius 1 is 1.13 bits per heavy atom. The molecule has 3 heteroatoms. The van der Waals surface area contributed by atoms with Gasteiger partial charge >= 0.3 is 0 Å². The predicted molar refractivity (Wildman–Crippen MR) is 59.4 cm³/mol. The average Bonchev–Trinajstić information content (AvgIpc) is 2.30. The van der Waals surface area contributed by atoms with Crippen LogP contribution in [0, 0.1) is 0 Å². The van der Waals surface area contributed by atoms with Crippen LogP contribution in [0.15, 0.2) is 36.8 Å². The van der Waals surface area contributed by atoms with Crippen molar-refractivity contribution in [2.45, 2.75) is 19.8 Å². The molecule has 0 aliphatic heterocycles. The summed E-state index contributed by atoms with van der Waals surface area (Å²) in [5, 5.41) is 0. The smallest absolute Gasteiger partial charge is 0.131 e. The van der Waals surface area contributed by atoms with Crippen molar-refractivity contribution in [3.63, 3.8) is 0 Å². The lowest BCUT2D eigenvalue weighted by Gasteiger charge is -2.05. The van der Waals surface area contributed by atoms with Crippen LogP contribution in [-0.2, 0) is 0 Å². The van der Waals surface area contributed by atoms with E-state index in [9.17, 15) is 0 Å². The number of hydrogen-bond donors (Lipinski definition) is 0. The molecule has 2 aromatic heterocycles. The molecule has 0 aliphatic rings. The third-order valence-corrected chi connectivity index (χ3v) is 2.15. The van der Waals surface area contributed by atoms with E-state index in [1.807, 2.05) is 24.4 Å². The lowest BCUT2D eigenvalue weighted by molar-refractivity contribution is 0.776. The molecule has 0 saturated carbocycles. The summed E-state index contributed by atoms with van der Waals surface area (Å²) in [4.78, 5) is 12.8. The zero-order valence-corrected chi connectivity index (χ0v) is 8.88. The standard InChI is InChI=1S/C12H13N3/c1-9(2)12-14-7-5-11(15-12)10-4-3-6-13-8-10/h3-9H,1-2H3. The third-order valence-electron chi connectivity index (χ3n) is 2.15. The van der Waals surface area contributed by atoms with Gasteiger partial charge in [0, 0.05) is 30.1 Å². The summed E-state index contributed by atoms with van der Waals surface area (Å²) in [6.45, 7) is 4.17.